The maximum Gasteiger partial charge on any atom is 0.169 e. The van der Waals surface area contributed by atoms with Crippen molar-refractivity contribution in [3.63, 3.8) is 0 Å². The van der Waals surface area contributed by atoms with Crippen molar-refractivity contribution in [3.05, 3.63) is 0 Å². The third-order valence-electron chi connectivity index (χ3n) is 1.68. The van der Waals surface area contributed by atoms with E-state index in [4.69, 9.17) is 17.5 Å². The van der Waals surface area contributed by atoms with Crippen LogP contribution in [0.3, 0.4) is 0 Å². The van der Waals surface area contributed by atoms with E-state index in [2.05, 4.69) is 25.2 Å². The summed E-state index contributed by atoms with van der Waals surface area (Å²) in [6.07, 6.45) is 0.518. The Labute approximate surface area is 85.7 Å². The topological polar surface area (TPSA) is 39.1 Å². The van der Waals surface area contributed by atoms with E-state index in [9.17, 15) is 0 Å². The first-order valence-corrected chi connectivity index (χ1v) is 4.95. The van der Waals surface area contributed by atoms with E-state index in [0.29, 0.717) is 19.0 Å². The molecule has 0 radical (unpaired) electrons. The lowest BCUT2D eigenvalue weighted by Crippen LogP contribution is -2.44. The van der Waals surface area contributed by atoms with Gasteiger partial charge in [0.25, 0.3) is 0 Å². The van der Waals surface area contributed by atoms with Gasteiger partial charge in [0.2, 0.25) is 0 Å². The van der Waals surface area contributed by atoms with Gasteiger partial charge in [0.05, 0.1) is 12.5 Å². The molecule has 0 aliphatic heterocycles. The second kappa shape index (κ2) is 6.67. The van der Waals surface area contributed by atoms with Gasteiger partial charge in [0, 0.05) is 19.1 Å². The normalized spacial score (nSPS) is 9.46. The van der Waals surface area contributed by atoms with E-state index >= 15 is 0 Å². The standard InChI is InChI=1S/C9H17N3S/c1-4-11-9(13)12(8(2)3)7-5-6-10/h8H,4-5,7H2,1-3H3,(H,11,13). The number of hydrogen-bond donors (Lipinski definition) is 1. The molecule has 0 aromatic carbocycles. The first-order chi connectivity index (χ1) is 6.13. The molecular weight excluding hydrogens is 182 g/mol. The quantitative estimate of drug-likeness (QED) is 0.697. The van der Waals surface area contributed by atoms with Gasteiger partial charge in [-0.25, -0.2) is 0 Å². The Morgan fingerprint density at radius 3 is 2.62 bits per heavy atom. The highest BCUT2D eigenvalue weighted by Gasteiger charge is 2.11. The highest BCUT2D eigenvalue weighted by atomic mass is 32.1. The minimum atomic E-state index is 0.347. The Kier molecular flexibility index (Phi) is 6.25. The molecule has 0 amide bonds. The first kappa shape index (κ1) is 12.2. The van der Waals surface area contributed by atoms with Crippen LogP contribution in [0.25, 0.3) is 0 Å². The third kappa shape index (κ3) is 4.69. The molecule has 0 atom stereocenters. The molecule has 0 aromatic heterocycles. The molecule has 0 spiro atoms. The smallest absolute Gasteiger partial charge is 0.169 e. The van der Waals surface area contributed by atoms with Crippen LogP contribution in [-0.4, -0.2) is 29.1 Å². The van der Waals surface area contributed by atoms with Crippen LogP contribution in [-0.2, 0) is 0 Å². The molecule has 0 saturated carbocycles. The molecular formula is C9H17N3S. The van der Waals surface area contributed by atoms with Gasteiger partial charge in [0.15, 0.2) is 5.11 Å². The highest BCUT2D eigenvalue weighted by Crippen LogP contribution is 2.00. The van der Waals surface area contributed by atoms with E-state index in [1.165, 1.54) is 0 Å². The molecule has 0 aliphatic carbocycles. The monoisotopic (exact) mass is 199 g/mol. The number of hydrogen-bond acceptors (Lipinski definition) is 2. The third-order valence-corrected chi connectivity index (χ3v) is 2.06. The molecule has 4 heteroatoms. The molecule has 0 bridgehead atoms. The molecule has 0 aliphatic rings. The summed E-state index contributed by atoms with van der Waals surface area (Å²) in [5.41, 5.74) is 0. The Morgan fingerprint density at radius 1 is 1.62 bits per heavy atom. The van der Waals surface area contributed by atoms with Crippen LogP contribution in [0.15, 0.2) is 0 Å². The molecule has 13 heavy (non-hydrogen) atoms. The number of nitriles is 1. The summed E-state index contributed by atoms with van der Waals surface area (Å²) in [5, 5.41) is 12.3. The largest absolute Gasteiger partial charge is 0.363 e. The molecule has 0 unspecified atom stereocenters. The second-order valence-corrected chi connectivity index (χ2v) is 3.42. The van der Waals surface area contributed by atoms with Gasteiger partial charge in [-0.05, 0) is 33.0 Å². The van der Waals surface area contributed by atoms with Crippen molar-refractivity contribution in [3.8, 4) is 6.07 Å². The highest BCUT2D eigenvalue weighted by molar-refractivity contribution is 7.80. The zero-order valence-corrected chi connectivity index (χ0v) is 9.32. The van der Waals surface area contributed by atoms with Crippen molar-refractivity contribution in [1.29, 1.82) is 5.26 Å². The van der Waals surface area contributed by atoms with E-state index in [1.807, 2.05) is 11.8 Å². The van der Waals surface area contributed by atoms with Crippen LogP contribution in [0, 0.1) is 11.3 Å². The van der Waals surface area contributed by atoms with Gasteiger partial charge in [-0.2, -0.15) is 5.26 Å². The maximum absolute atomic E-state index is 8.47. The molecule has 74 valence electrons. The molecule has 1 N–H and O–H groups in total. The number of nitrogens with one attached hydrogen (secondary N) is 1. The van der Waals surface area contributed by atoms with Gasteiger partial charge >= 0.3 is 0 Å². The minimum Gasteiger partial charge on any atom is -0.363 e. The van der Waals surface area contributed by atoms with Gasteiger partial charge in [-0.15, -0.1) is 0 Å². The van der Waals surface area contributed by atoms with Crippen molar-refractivity contribution < 1.29 is 0 Å². The van der Waals surface area contributed by atoms with Crippen LogP contribution in [0.5, 0.6) is 0 Å². The second-order valence-electron chi connectivity index (χ2n) is 3.03. The van der Waals surface area contributed by atoms with Crippen molar-refractivity contribution >= 4 is 17.3 Å². The molecule has 0 fully saturated rings. The SMILES string of the molecule is CCNC(=S)N(CCC#N)C(C)C. The van der Waals surface area contributed by atoms with Crippen LogP contribution in [0.2, 0.25) is 0 Å². The average Bonchev–Trinajstić information content (AvgIpc) is 2.05. The summed E-state index contributed by atoms with van der Waals surface area (Å²) in [7, 11) is 0. The lowest BCUT2D eigenvalue weighted by molar-refractivity contribution is 0.352. The molecule has 0 aromatic rings. The predicted octanol–water partition coefficient (Wildman–Crippen LogP) is 1.50. The number of rotatable bonds is 4. The predicted molar refractivity (Wildman–Crippen MR) is 58.3 cm³/mol. The van der Waals surface area contributed by atoms with Crippen molar-refractivity contribution in [1.82, 2.24) is 10.2 Å². The zero-order valence-electron chi connectivity index (χ0n) is 8.50. The van der Waals surface area contributed by atoms with Crippen molar-refractivity contribution in [2.24, 2.45) is 0 Å². The molecule has 3 nitrogen and oxygen atoms in total. The summed E-state index contributed by atoms with van der Waals surface area (Å²) in [6.45, 7) is 7.69. The van der Waals surface area contributed by atoms with Crippen LogP contribution in [0.4, 0.5) is 0 Å². The van der Waals surface area contributed by atoms with E-state index < -0.39 is 0 Å². The van der Waals surface area contributed by atoms with Crippen molar-refractivity contribution in [2.45, 2.75) is 33.2 Å². The maximum atomic E-state index is 8.47. The lowest BCUT2D eigenvalue weighted by atomic mass is 10.3. The summed E-state index contributed by atoms with van der Waals surface area (Å²) < 4.78 is 0. The van der Waals surface area contributed by atoms with E-state index in [-0.39, 0.29) is 0 Å². The fourth-order valence-corrected chi connectivity index (χ4v) is 1.46. The lowest BCUT2D eigenvalue weighted by Gasteiger charge is -2.28. The summed E-state index contributed by atoms with van der Waals surface area (Å²) >= 11 is 5.17. The van der Waals surface area contributed by atoms with Crippen LogP contribution < -0.4 is 5.32 Å². The Balaban J connectivity index is 4.09. The van der Waals surface area contributed by atoms with Gasteiger partial charge in [0.1, 0.15) is 0 Å². The Bertz CT molecular complexity index is 196. The molecule has 0 saturated heterocycles. The summed E-state index contributed by atoms with van der Waals surface area (Å²) in [6, 6.07) is 2.47. The van der Waals surface area contributed by atoms with Gasteiger partial charge < -0.3 is 10.2 Å². The Hall–Kier alpha value is -0.820. The number of nitrogens with zero attached hydrogens (tertiary/aromatic N) is 2. The Morgan fingerprint density at radius 2 is 2.23 bits per heavy atom. The van der Waals surface area contributed by atoms with Gasteiger partial charge in [-0.1, -0.05) is 0 Å². The fraction of sp³-hybridized carbons (Fsp3) is 0.778. The van der Waals surface area contributed by atoms with Crippen molar-refractivity contribution in [2.75, 3.05) is 13.1 Å². The summed E-state index contributed by atoms with van der Waals surface area (Å²) in [4.78, 5) is 2.03. The fourth-order valence-electron chi connectivity index (χ4n) is 1.02. The van der Waals surface area contributed by atoms with Gasteiger partial charge in [-0.3, -0.25) is 0 Å². The molecule has 0 heterocycles. The number of thiocarbonyl (C=S) groups is 1. The first-order valence-electron chi connectivity index (χ1n) is 4.54. The average molecular weight is 199 g/mol. The zero-order chi connectivity index (χ0) is 10.3. The summed E-state index contributed by atoms with van der Waals surface area (Å²) in [5.74, 6) is 0. The van der Waals surface area contributed by atoms with E-state index in [1.54, 1.807) is 0 Å². The van der Waals surface area contributed by atoms with Crippen LogP contribution in [0.1, 0.15) is 27.2 Å². The minimum absolute atomic E-state index is 0.347. The molecule has 0 rings (SSSR count). The van der Waals surface area contributed by atoms with Crippen LogP contribution >= 0.6 is 12.2 Å². The van der Waals surface area contributed by atoms with E-state index in [0.717, 1.165) is 11.7 Å².